The van der Waals surface area contributed by atoms with Gasteiger partial charge in [0, 0.05) is 29.3 Å². The molecular formula is C22H25BrN2O3S. The number of amides is 1. The van der Waals surface area contributed by atoms with Crippen molar-refractivity contribution in [1.29, 1.82) is 0 Å². The molecule has 4 rings (SSSR count). The van der Waals surface area contributed by atoms with Gasteiger partial charge in [-0.15, -0.1) is 0 Å². The van der Waals surface area contributed by atoms with Gasteiger partial charge in [0.25, 0.3) is 0 Å². The van der Waals surface area contributed by atoms with Crippen LogP contribution in [0.4, 0.5) is 5.69 Å². The van der Waals surface area contributed by atoms with Crippen molar-refractivity contribution in [3.63, 3.8) is 0 Å². The van der Waals surface area contributed by atoms with Crippen LogP contribution in [0.1, 0.15) is 30.9 Å². The summed E-state index contributed by atoms with van der Waals surface area (Å²) in [5.41, 5.74) is 3.12. The first kappa shape index (κ1) is 20.6. The highest BCUT2D eigenvalue weighted by Gasteiger charge is 2.39. The third kappa shape index (κ3) is 3.88. The highest BCUT2D eigenvalue weighted by atomic mass is 79.9. The fourth-order valence-corrected chi connectivity index (χ4v) is 6.29. The van der Waals surface area contributed by atoms with E-state index in [1.165, 1.54) is 4.31 Å². The zero-order chi connectivity index (χ0) is 20.8. The quantitative estimate of drug-likeness (QED) is 0.668. The maximum atomic E-state index is 13.4. The van der Waals surface area contributed by atoms with Crippen molar-refractivity contribution in [2.24, 2.45) is 5.92 Å². The minimum absolute atomic E-state index is 0.0300. The van der Waals surface area contributed by atoms with Crippen LogP contribution in [0.3, 0.4) is 0 Å². The van der Waals surface area contributed by atoms with Crippen LogP contribution < -0.4 is 4.90 Å². The molecule has 7 heteroatoms. The lowest BCUT2D eigenvalue weighted by atomic mass is 9.97. The minimum Gasteiger partial charge on any atom is -0.309 e. The summed E-state index contributed by atoms with van der Waals surface area (Å²) < 4.78 is 28.7. The molecular weight excluding hydrogens is 452 g/mol. The topological polar surface area (TPSA) is 57.7 Å². The van der Waals surface area contributed by atoms with Gasteiger partial charge in [-0.3, -0.25) is 4.79 Å². The Balaban J connectivity index is 1.56. The van der Waals surface area contributed by atoms with Gasteiger partial charge in [0.05, 0.1) is 10.8 Å². The Morgan fingerprint density at radius 1 is 1.14 bits per heavy atom. The number of sulfonamides is 1. The number of hydrogen-bond donors (Lipinski definition) is 0. The number of nitrogens with zero attached hydrogens (tertiary/aromatic N) is 2. The fraction of sp³-hybridized carbons (Fsp3) is 0.409. The monoisotopic (exact) mass is 476 g/mol. The number of piperidine rings is 1. The van der Waals surface area contributed by atoms with Gasteiger partial charge in [-0.25, -0.2) is 8.42 Å². The van der Waals surface area contributed by atoms with Crippen LogP contribution >= 0.6 is 15.9 Å². The Kier molecular flexibility index (Phi) is 5.57. The molecule has 2 aromatic carbocycles. The van der Waals surface area contributed by atoms with E-state index in [-0.39, 0.29) is 24.4 Å². The highest BCUT2D eigenvalue weighted by molar-refractivity contribution is 9.10. The number of anilines is 1. The molecule has 2 aliphatic rings. The van der Waals surface area contributed by atoms with Gasteiger partial charge in [-0.05, 0) is 69.0 Å². The number of halogens is 1. The molecule has 0 bridgehead atoms. The van der Waals surface area contributed by atoms with Crippen LogP contribution in [0.15, 0.2) is 51.8 Å². The van der Waals surface area contributed by atoms with Crippen molar-refractivity contribution in [1.82, 2.24) is 4.31 Å². The summed E-state index contributed by atoms with van der Waals surface area (Å²) in [5.74, 6) is -0.289. The summed E-state index contributed by atoms with van der Waals surface area (Å²) in [5, 5.41) is 0. The molecule has 5 nitrogen and oxygen atoms in total. The zero-order valence-electron chi connectivity index (χ0n) is 16.6. The maximum Gasteiger partial charge on any atom is 0.243 e. The first-order valence-corrected chi connectivity index (χ1v) is 12.2. The molecule has 29 heavy (non-hydrogen) atoms. The van der Waals surface area contributed by atoms with Crippen molar-refractivity contribution < 1.29 is 13.2 Å². The van der Waals surface area contributed by atoms with Crippen LogP contribution in [0, 0.1) is 12.8 Å². The number of carbonyl (C=O) groups is 1. The van der Waals surface area contributed by atoms with Crippen LogP contribution in [0.2, 0.25) is 0 Å². The molecule has 1 saturated heterocycles. The number of rotatable bonds is 3. The van der Waals surface area contributed by atoms with Gasteiger partial charge in [-0.1, -0.05) is 33.6 Å². The van der Waals surface area contributed by atoms with Crippen molar-refractivity contribution >= 4 is 37.5 Å². The number of hydrogen-bond acceptors (Lipinski definition) is 3. The largest absolute Gasteiger partial charge is 0.309 e. The maximum absolute atomic E-state index is 13.4. The van der Waals surface area contributed by atoms with Crippen molar-refractivity contribution in [2.45, 2.75) is 44.0 Å². The van der Waals surface area contributed by atoms with Crippen molar-refractivity contribution in [3.8, 4) is 0 Å². The van der Waals surface area contributed by atoms with E-state index < -0.39 is 10.0 Å². The molecule has 0 saturated carbocycles. The first-order valence-electron chi connectivity index (χ1n) is 9.95. The predicted octanol–water partition coefficient (Wildman–Crippen LogP) is 4.14. The van der Waals surface area contributed by atoms with Gasteiger partial charge >= 0.3 is 0 Å². The molecule has 2 atom stereocenters. The Morgan fingerprint density at radius 3 is 2.59 bits per heavy atom. The summed E-state index contributed by atoms with van der Waals surface area (Å²) >= 11 is 3.50. The smallest absolute Gasteiger partial charge is 0.243 e. The van der Waals surface area contributed by atoms with Crippen LogP contribution in [0.5, 0.6) is 0 Å². The van der Waals surface area contributed by atoms with Crippen LogP contribution in [0.25, 0.3) is 0 Å². The number of benzene rings is 2. The van der Waals surface area contributed by atoms with E-state index in [0.29, 0.717) is 24.3 Å². The summed E-state index contributed by atoms with van der Waals surface area (Å²) in [4.78, 5) is 15.6. The normalized spacial score (nSPS) is 22.5. The molecule has 0 unspecified atom stereocenters. The Hall–Kier alpha value is -1.70. The highest BCUT2D eigenvalue weighted by Crippen LogP contribution is 2.36. The van der Waals surface area contributed by atoms with E-state index in [1.807, 2.05) is 24.0 Å². The molecule has 0 radical (unpaired) electrons. The number of fused-ring (bicyclic) bond motifs is 1. The number of carbonyl (C=O) groups excluding carboxylic acids is 1. The van der Waals surface area contributed by atoms with E-state index in [9.17, 15) is 13.2 Å². The summed E-state index contributed by atoms with van der Waals surface area (Å²) in [6.45, 7) is 4.68. The lowest BCUT2D eigenvalue weighted by molar-refractivity contribution is -0.123. The third-order valence-corrected chi connectivity index (χ3v) is 8.26. The lowest BCUT2D eigenvalue weighted by Gasteiger charge is -2.34. The van der Waals surface area contributed by atoms with Gasteiger partial charge in [0.15, 0.2) is 0 Å². The fourth-order valence-electron chi connectivity index (χ4n) is 4.35. The summed E-state index contributed by atoms with van der Waals surface area (Å²) in [6, 6.07) is 13.0. The lowest BCUT2D eigenvalue weighted by Crippen LogP contribution is -2.48. The zero-order valence-corrected chi connectivity index (χ0v) is 19.0. The van der Waals surface area contributed by atoms with Crippen LogP contribution in [-0.4, -0.2) is 37.8 Å². The van der Waals surface area contributed by atoms with Crippen LogP contribution in [-0.2, 0) is 21.2 Å². The van der Waals surface area contributed by atoms with E-state index in [2.05, 4.69) is 28.9 Å². The molecule has 0 spiro atoms. The van der Waals surface area contributed by atoms with E-state index in [0.717, 1.165) is 27.7 Å². The van der Waals surface area contributed by atoms with E-state index >= 15 is 0 Å². The molecule has 1 amide bonds. The van der Waals surface area contributed by atoms with Crippen molar-refractivity contribution in [3.05, 3.63) is 58.1 Å². The second-order valence-electron chi connectivity index (χ2n) is 8.05. The predicted molar refractivity (Wildman–Crippen MR) is 117 cm³/mol. The minimum atomic E-state index is -3.59. The molecule has 2 aromatic rings. The first-order chi connectivity index (χ1) is 13.8. The van der Waals surface area contributed by atoms with E-state index in [1.54, 1.807) is 24.3 Å². The van der Waals surface area contributed by atoms with Gasteiger partial charge in [-0.2, -0.15) is 4.31 Å². The summed E-state index contributed by atoms with van der Waals surface area (Å²) in [7, 11) is -3.59. The molecule has 0 N–H and O–H groups in total. The van der Waals surface area contributed by atoms with Gasteiger partial charge in [0.2, 0.25) is 15.9 Å². The standard InChI is InChI=1S/C22H25BrN2O3S/c1-15-5-8-20(9-6-15)29(27,28)24-11-3-4-17(14-24)22(26)25-16(2)12-18-13-19(23)7-10-21(18)25/h5-10,13,16-17H,3-4,11-12,14H2,1-2H3/t16-,17-/m0/s1. The summed E-state index contributed by atoms with van der Waals surface area (Å²) in [6.07, 6.45) is 2.23. The second-order valence-corrected chi connectivity index (χ2v) is 10.9. The molecule has 154 valence electrons. The SMILES string of the molecule is Cc1ccc(S(=O)(=O)N2CCC[C@H](C(=O)N3c4ccc(Br)cc4C[C@@H]3C)C2)cc1. The molecule has 2 aliphatic heterocycles. The molecule has 1 fully saturated rings. The Morgan fingerprint density at radius 2 is 1.86 bits per heavy atom. The second kappa shape index (κ2) is 7.85. The number of aryl methyl sites for hydroxylation is 1. The molecule has 0 aromatic heterocycles. The van der Waals surface area contributed by atoms with Gasteiger partial charge < -0.3 is 4.90 Å². The molecule has 2 heterocycles. The van der Waals surface area contributed by atoms with Gasteiger partial charge in [0.1, 0.15) is 0 Å². The average molecular weight is 477 g/mol. The molecule has 0 aliphatic carbocycles. The van der Waals surface area contributed by atoms with Crippen molar-refractivity contribution in [2.75, 3.05) is 18.0 Å². The Labute approximate surface area is 180 Å². The Bertz CT molecular complexity index is 1040. The third-order valence-electron chi connectivity index (χ3n) is 5.89. The average Bonchev–Trinajstić information content (AvgIpc) is 3.02. The van der Waals surface area contributed by atoms with E-state index in [4.69, 9.17) is 0 Å².